The summed E-state index contributed by atoms with van der Waals surface area (Å²) in [5, 5.41) is 37.9. The molecule has 0 saturated heterocycles. The number of ether oxygens (including phenoxy) is 3. The number of H-pyrrole nitrogens is 1. The molecule has 0 radical (unpaired) electrons. The summed E-state index contributed by atoms with van der Waals surface area (Å²) < 4.78 is 17.2. The van der Waals surface area contributed by atoms with Gasteiger partial charge in [0.05, 0.1) is 17.0 Å². The molecule has 2 heterocycles. The average Bonchev–Trinajstić information content (AvgIpc) is 3.39. The standard InChI is InChI=1S/C23H28N6O6/c1-14(21-24-26-27-25-21)28(13-15-8-6-5-7-9-15)19-17-12-16(29(31)32)10-11-18(17)35-23(2,20(19)30)22(33-3)34-4/h5-12,14,19-20,22,30H,13H2,1-4H3,(H,24,25,26,27)/t14?,19-,20+,23+/m1/s1. The second kappa shape index (κ2) is 10.0. The quantitative estimate of drug-likeness (QED) is 0.264. The zero-order valence-corrected chi connectivity index (χ0v) is 19.9. The monoisotopic (exact) mass is 484 g/mol. The molecule has 1 unspecified atom stereocenters. The molecule has 0 aliphatic carbocycles. The number of aliphatic hydroxyl groups excluding tert-OH is 1. The number of aromatic amines is 1. The van der Waals surface area contributed by atoms with Crippen molar-refractivity contribution in [3.63, 3.8) is 0 Å². The van der Waals surface area contributed by atoms with Gasteiger partial charge in [0, 0.05) is 38.5 Å². The Morgan fingerprint density at radius 3 is 2.57 bits per heavy atom. The van der Waals surface area contributed by atoms with Gasteiger partial charge in [0.2, 0.25) is 0 Å². The van der Waals surface area contributed by atoms with Crippen LogP contribution in [0.15, 0.2) is 48.5 Å². The summed E-state index contributed by atoms with van der Waals surface area (Å²) in [5.74, 6) is 0.786. The Morgan fingerprint density at radius 1 is 1.26 bits per heavy atom. The zero-order valence-electron chi connectivity index (χ0n) is 19.9. The van der Waals surface area contributed by atoms with Gasteiger partial charge in [-0.2, -0.15) is 5.21 Å². The Bertz CT molecular complexity index is 1140. The fraction of sp³-hybridized carbons (Fsp3) is 0.435. The number of rotatable bonds is 9. The predicted octanol–water partition coefficient (Wildman–Crippen LogP) is 2.54. The second-order valence-corrected chi connectivity index (χ2v) is 8.56. The van der Waals surface area contributed by atoms with Crippen molar-refractivity contribution in [1.29, 1.82) is 0 Å². The molecule has 4 rings (SSSR count). The first-order valence-corrected chi connectivity index (χ1v) is 11.0. The van der Waals surface area contributed by atoms with Crippen LogP contribution in [0.2, 0.25) is 0 Å². The van der Waals surface area contributed by atoms with Gasteiger partial charge in [-0.25, -0.2) is 0 Å². The Balaban J connectivity index is 1.90. The summed E-state index contributed by atoms with van der Waals surface area (Å²) in [6, 6.07) is 12.8. The van der Waals surface area contributed by atoms with Crippen LogP contribution in [0.4, 0.5) is 5.69 Å². The largest absolute Gasteiger partial charge is 0.479 e. The van der Waals surface area contributed by atoms with Crippen molar-refractivity contribution in [1.82, 2.24) is 25.5 Å². The maximum atomic E-state index is 11.8. The van der Waals surface area contributed by atoms with Crippen molar-refractivity contribution in [2.75, 3.05) is 14.2 Å². The number of nitro benzene ring substituents is 1. The smallest absolute Gasteiger partial charge is 0.270 e. The van der Waals surface area contributed by atoms with Crippen molar-refractivity contribution in [2.24, 2.45) is 0 Å². The van der Waals surface area contributed by atoms with E-state index in [2.05, 4.69) is 20.6 Å². The van der Waals surface area contributed by atoms with Gasteiger partial charge in [-0.15, -0.1) is 10.2 Å². The highest BCUT2D eigenvalue weighted by molar-refractivity contribution is 5.48. The predicted molar refractivity (Wildman–Crippen MR) is 123 cm³/mol. The van der Waals surface area contributed by atoms with Crippen LogP contribution in [0, 0.1) is 10.1 Å². The van der Waals surface area contributed by atoms with Crippen LogP contribution in [0.3, 0.4) is 0 Å². The molecule has 0 amide bonds. The highest BCUT2D eigenvalue weighted by atomic mass is 16.7. The van der Waals surface area contributed by atoms with Gasteiger partial charge in [0.1, 0.15) is 11.9 Å². The molecular weight excluding hydrogens is 456 g/mol. The van der Waals surface area contributed by atoms with Crippen molar-refractivity contribution in [2.45, 2.75) is 50.5 Å². The van der Waals surface area contributed by atoms with E-state index in [1.165, 1.54) is 32.4 Å². The van der Waals surface area contributed by atoms with Gasteiger partial charge < -0.3 is 19.3 Å². The molecule has 2 N–H and O–H groups in total. The van der Waals surface area contributed by atoms with E-state index in [-0.39, 0.29) is 5.69 Å². The van der Waals surface area contributed by atoms with Crippen LogP contribution in [0.1, 0.15) is 42.9 Å². The molecule has 0 saturated carbocycles. The summed E-state index contributed by atoms with van der Waals surface area (Å²) in [7, 11) is 2.92. The normalized spacial score (nSPS) is 22.6. The van der Waals surface area contributed by atoms with Crippen molar-refractivity contribution in [3.05, 3.63) is 75.6 Å². The number of tetrazole rings is 1. The van der Waals surface area contributed by atoms with E-state index < -0.39 is 35.0 Å². The molecule has 4 atom stereocenters. The molecule has 1 aliphatic rings. The summed E-state index contributed by atoms with van der Waals surface area (Å²) >= 11 is 0. The van der Waals surface area contributed by atoms with E-state index in [0.29, 0.717) is 23.7 Å². The highest BCUT2D eigenvalue weighted by Gasteiger charge is 2.54. The Hall–Kier alpha value is -3.45. The van der Waals surface area contributed by atoms with Gasteiger partial charge in [-0.3, -0.25) is 15.0 Å². The molecular formula is C23H28N6O6. The topological polar surface area (TPSA) is 149 Å². The average molecular weight is 485 g/mol. The highest BCUT2D eigenvalue weighted by Crippen LogP contribution is 2.48. The molecule has 12 heteroatoms. The number of aromatic nitrogens is 4. The van der Waals surface area contributed by atoms with Crippen LogP contribution < -0.4 is 4.74 Å². The Morgan fingerprint density at radius 2 is 1.97 bits per heavy atom. The lowest BCUT2D eigenvalue weighted by molar-refractivity contribution is -0.385. The van der Waals surface area contributed by atoms with Crippen LogP contribution in [-0.4, -0.2) is 67.8 Å². The lowest BCUT2D eigenvalue weighted by atomic mass is 9.82. The van der Waals surface area contributed by atoms with Gasteiger partial charge in [-0.1, -0.05) is 35.5 Å². The number of aliphatic hydroxyl groups is 1. The summed E-state index contributed by atoms with van der Waals surface area (Å²) in [5.41, 5.74) is -0.0369. The molecule has 2 aromatic carbocycles. The van der Waals surface area contributed by atoms with Crippen molar-refractivity contribution < 1.29 is 24.2 Å². The first-order valence-electron chi connectivity index (χ1n) is 11.0. The van der Waals surface area contributed by atoms with E-state index in [9.17, 15) is 15.2 Å². The number of fused-ring (bicyclic) bond motifs is 1. The molecule has 1 aromatic heterocycles. The maximum Gasteiger partial charge on any atom is 0.270 e. The van der Waals surface area contributed by atoms with Crippen LogP contribution in [-0.2, 0) is 16.0 Å². The summed E-state index contributed by atoms with van der Waals surface area (Å²) in [4.78, 5) is 13.1. The molecule has 35 heavy (non-hydrogen) atoms. The van der Waals surface area contributed by atoms with E-state index in [0.717, 1.165) is 5.56 Å². The van der Waals surface area contributed by atoms with Crippen LogP contribution >= 0.6 is 0 Å². The lowest BCUT2D eigenvalue weighted by Crippen LogP contribution is -2.62. The van der Waals surface area contributed by atoms with E-state index in [1.54, 1.807) is 6.92 Å². The second-order valence-electron chi connectivity index (χ2n) is 8.56. The fourth-order valence-corrected chi connectivity index (χ4v) is 4.63. The first-order chi connectivity index (χ1) is 16.8. The minimum absolute atomic E-state index is 0.116. The third-order valence-electron chi connectivity index (χ3n) is 6.43. The molecule has 1 aliphatic heterocycles. The van der Waals surface area contributed by atoms with Crippen LogP contribution in [0.5, 0.6) is 5.75 Å². The minimum atomic E-state index is -1.34. The molecule has 3 aromatic rings. The zero-order chi connectivity index (χ0) is 25.2. The number of hydrogen-bond donors (Lipinski definition) is 2. The number of nitro groups is 1. The van der Waals surface area contributed by atoms with E-state index in [4.69, 9.17) is 14.2 Å². The van der Waals surface area contributed by atoms with Gasteiger partial charge >= 0.3 is 0 Å². The number of nitrogens with zero attached hydrogens (tertiary/aromatic N) is 5. The number of methoxy groups -OCH3 is 2. The molecule has 0 fully saturated rings. The first kappa shape index (κ1) is 24.7. The Labute approximate surface area is 202 Å². The van der Waals surface area contributed by atoms with E-state index in [1.807, 2.05) is 42.2 Å². The molecule has 186 valence electrons. The lowest BCUT2D eigenvalue weighted by Gasteiger charge is -2.50. The molecule has 0 spiro atoms. The molecule has 0 bridgehead atoms. The SMILES string of the molecule is COC(OC)[C@@]1(C)Oc2ccc([N+](=O)[O-])cc2[C@@H](N(Cc2ccccc2)C(C)c2nn[nH]n2)[C@@H]1O. The molecule has 12 nitrogen and oxygen atoms in total. The van der Waals surface area contributed by atoms with Gasteiger partial charge in [0.15, 0.2) is 17.7 Å². The van der Waals surface area contributed by atoms with Crippen molar-refractivity contribution >= 4 is 5.69 Å². The Kier molecular flexibility index (Phi) is 7.08. The minimum Gasteiger partial charge on any atom is -0.479 e. The number of benzene rings is 2. The third kappa shape index (κ3) is 4.60. The number of non-ortho nitro benzene ring substituents is 1. The maximum absolute atomic E-state index is 11.8. The summed E-state index contributed by atoms with van der Waals surface area (Å²) in [6.45, 7) is 3.95. The number of hydrogen-bond acceptors (Lipinski definition) is 10. The van der Waals surface area contributed by atoms with Gasteiger partial charge in [0.25, 0.3) is 5.69 Å². The number of nitrogens with one attached hydrogen (secondary N) is 1. The summed E-state index contributed by atoms with van der Waals surface area (Å²) in [6.07, 6.45) is -2.15. The van der Waals surface area contributed by atoms with Crippen molar-refractivity contribution in [3.8, 4) is 5.75 Å². The van der Waals surface area contributed by atoms with Crippen LogP contribution in [0.25, 0.3) is 0 Å². The third-order valence-corrected chi connectivity index (χ3v) is 6.43. The van der Waals surface area contributed by atoms with Gasteiger partial charge in [-0.05, 0) is 25.5 Å². The fourth-order valence-electron chi connectivity index (χ4n) is 4.63. The van der Waals surface area contributed by atoms with E-state index >= 15 is 0 Å².